The molecule has 116 valence electrons. The summed E-state index contributed by atoms with van der Waals surface area (Å²) in [5.41, 5.74) is -0.306. The van der Waals surface area contributed by atoms with Crippen LogP contribution in [0.5, 0.6) is 0 Å². The van der Waals surface area contributed by atoms with Gasteiger partial charge in [0.05, 0.1) is 12.5 Å². The molecule has 0 saturated carbocycles. The molecule has 0 aromatic heterocycles. The quantitative estimate of drug-likeness (QED) is 0.716. The molecule has 0 bridgehead atoms. The normalized spacial score (nSPS) is 24.2. The summed E-state index contributed by atoms with van der Waals surface area (Å²) in [6.45, 7) is 9.02. The molecule has 0 aromatic carbocycles. The molecule has 0 radical (unpaired) electrons. The number of amides is 2. The van der Waals surface area contributed by atoms with Crippen LogP contribution in [0.1, 0.15) is 40.5 Å². The summed E-state index contributed by atoms with van der Waals surface area (Å²) in [5, 5.41) is 14.5. The summed E-state index contributed by atoms with van der Waals surface area (Å²) in [4.78, 5) is 22.7. The van der Waals surface area contributed by atoms with Crippen LogP contribution in [0.4, 0.5) is 4.79 Å². The van der Waals surface area contributed by atoms with E-state index in [0.717, 1.165) is 13.0 Å². The molecule has 0 spiro atoms. The number of carboxylic acid groups (broad SMARTS) is 1. The number of carbonyl (C=O) groups is 2. The number of aliphatic carboxylic acids is 1. The van der Waals surface area contributed by atoms with Crippen molar-refractivity contribution in [1.29, 1.82) is 0 Å². The highest BCUT2D eigenvalue weighted by Crippen LogP contribution is 2.22. The minimum absolute atomic E-state index is 0.0835. The average molecular weight is 286 g/mol. The summed E-state index contributed by atoms with van der Waals surface area (Å²) in [6.07, 6.45) is 1.02. The standard InChI is InChI=1S/C14H26N2O4/c1-9-10(5-6-20-9)8-15-13(19)16-11(7-12(17)18)14(2,3)4/h9-11H,5-8H2,1-4H3,(H,17,18)(H2,15,16,19). The van der Waals surface area contributed by atoms with E-state index in [1.165, 1.54) is 0 Å². The Balaban J connectivity index is 2.43. The lowest BCUT2D eigenvalue weighted by molar-refractivity contribution is -0.138. The van der Waals surface area contributed by atoms with E-state index < -0.39 is 12.0 Å². The van der Waals surface area contributed by atoms with Crippen LogP contribution in [-0.4, -0.2) is 42.4 Å². The van der Waals surface area contributed by atoms with Gasteiger partial charge in [-0.25, -0.2) is 4.79 Å². The van der Waals surface area contributed by atoms with E-state index >= 15 is 0 Å². The third-order valence-corrected chi connectivity index (χ3v) is 3.79. The number of urea groups is 1. The van der Waals surface area contributed by atoms with E-state index in [1.807, 2.05) is 27.7 Å². The second-order valence-electron chi connectivity index (χ2n) is 6.50. The van der Waals surface area contributed by atoms with Crippen LogP contribution in [0.2, 0.25) is 0 Å². The second kappa shape index (κ2) is 6.92. The van der Waals surface area contributed by atoms with Gasteiger partial charge in [-0.3, -0.25) is 4.79 Å². The first-order valence-corrected chi connectivity index (χ1v) is 7.08. The van der Waals surface area contributed by atoms with E-state index in [-0.39, 0.29) is 24.0 Å². The summed E-state index contributed by atoms with van der Waals surface area (Å²) < 4.78 is 5.44. The van der Waals surface area contributed by atoms with E-state index in [0.29, 0.717) is 12.5 Å². The first-order chi connectivity index (χ1) is 9.20. The van der Waals surface area contributed by atoms with E-state index in [1.54, 1.807) is 0 Å². The minimum atomic E-state index is -0.914. The maximum absolute atomic E-state index is 11.9. The predicted octanol–water partition coefficient (Wildman–Crippen LogP) is 1.60. The number of ether oxygens (including phenoxy) is 1. The molecule has 6 heteroatoms. The van der Waals surface area contributed by atoms with Gasteiger partial charge in [0.15, 0.2) is 0 Å². The molecule has 1 aliphatic rings. The van der Waals surface area contributed by atoms with Gasteiger partial charge in [0, 0.05) is 25.1 Å². The van der Waals surface area contributed by atoms with Crippen molar-refractivity contribution >= 4 is 12.0 Å². The van der Waals surface area contributed by atoms with Crippen molar-refractivity contribution < 1.29 is 19.4 Å². The monoisotopic (exact) mass is 286 g/mol. The highest BCUT2D eigenvalue weighted by atomic mass is 16.5. The molecule has 2 amide bonds. The molecule has 6 nitrogen and oxygen atoms in total. The number of carboxylic acids is 1. The van der Waals surface area contributed by atoms with Gasteiger partial charge in [0.1, 0.15) is 0 Å². The molecule has 0 aromatic rings. The number of nitrogens with one attached hydrogen (secondary N) is 2. The average Bonchev–Trinajstić information content (AvgIpc) is 2.69. The van der Waals surface area contributed by atoms with Crippen molar-refractivity contribution in [2.45, 2.75) is 52.7 Å². The Labute approximate surface area is 120 Å². The number of hydrogen-bond donors (Lipinski definition) is 3. The third kappa shape index (κ3) is 5.36. The van der Waals surface area contributed by atoms with Gasteiger partial charge in [0.2, 0.25) is 0 Å². The van der Waals surface area contributed by atoms with Gasteiger partial charge in [0.25, 0.3) is 0 Å². The topological polar surface area (TPSA) is 87.7 Å². The smallest absolute Gasteiger partial charge is 0.315 e. The molecule has 1 fully saturated rings. The molecule has 3 atom stereocenters. The van der Waals surface area contributed by atoms with Crippen molar-refractivity contribution in [3.8, 4) is 0 Å². The van der Waals surface area contributed by atoms with Crippen molar-refractivity contribution in [2.75, 3.05) is 13.2 Å². The lowest BCUT2D eigenvalue weighted by atomic mass is 9.85. The van der Waals surface area contributed by atoms with Crippen LogP contribution in [0.3, 0.4) is 0 Å². The van der Waals surface area contributed by atoms with Crippen LogP contribution in [-0.2, 0) is 9.53 Å². The molecule has 0 aliphatic carbocycles. The third-order valence-electron chi connectivity index (χ3n) is 3.79. The lowest BCUT2D eigenvalue weighted by Crippen LogP contribution is -2.50. The molecule has 1 rings (SSSR count). The molecule has 3 N–H and O–H groups in total. The van der Waals surface area contributed by atoms with Crippen molar-refractivity contribution in [1.82, 2.24) is 10.6 Å². The number of carbonyl (C=O) groups excluding carboxylic acids is 1. The van der Waals surface area contributed by atoms with Crippen LogP contribution in [0, 0.1) is 11.3 Å². The van der Waals surface area contributed by atoms with Crippen molar-refractivity contribution in [2.24, 2.45) is 11.3 Å². The largest absolute Gasteiger partial charge is 0.481 e. The van der Waals surface area contributed by atoms with Gasteiger partial charge in [-0.15, -0.1) is 0 Å². The lowest BCUT2D eigenvalue weighted by Gasteiger charge is -2.30. The van der Waals surface area contributed by atoms with Crippen molar-refractivity contribution in [3.63, 3.8) is 0 Å². The number of hydrogen-bond acceptors (Lipinski definition) is 3. The van der Waals surface area contributed by atoms with Crippen LogP contribution >= 0.6 is 0 Å². The van der Waals surface area contributed by atoms with Gasteiger partial charge in [-0.1, -0.05) is 20.8 Å². The maximum Gasteiger partial charge on any atom is 0.315 e. The SMILES string of the molecule is CC1OCCC1CNC(=O)NC(CC(=O)O)C(C)(C)C. The Morgan fingerprint density at radius 2 is 2.05 bits per heavy atom. The van der Waals surface area contributed by atoms with Crippen LogP contribution in [0.25, 0.3) is 0 Å². The fraction of sp³-hybridized carbons (Fsp3) is 0.857. The first kappa shape index (κ1) is 16.8. The summed E-state index contributed by atoms with van der Waals surface area (Å²) in [7, 11) is 0. The minimum Gasteiger partial charge on any atom is -0.481 e. The Bertz CT molecular complexity index is 352. The Kier molecular flexibility index (Phi) is 5.80. The maximum atomic E-state index is 11.9. The Morgan fingerprint density at radius 3 is 2.50 bits per heavy atom. The van der Waals surface area contributed by atoms with E-state index in [2.05, 4.69) is 10.6 Å². The molecule has 1 saturated heterocycles. The summed E-state index contributed by atoms with van der Waals surface area (Å²) >= 11 is 0. The van der Waals surface area contributed by atoms with Crippen LogP contribution in [0.15, 0.2) is 0 Å². The Hall–Kier alpha value is -1.30. The van der Waals surface area contributed by atoms with Gasteiger partial charge < -0.3 is 20.5 Å². The molecule has 20 heavy (non-hydrogen) atoms. The van der Waals surface area contributed by atoms with Gasteiger partial charge in [-0.2, -0.15) is 0 Å². The van der Waals surface area contributed by atoms with Gasteiger partial charge >= 0.3 is 12.0 Å². The highest BCUT2D eigenvalue weighted by Gasteiger charge is 2.29. The molecular weight excluding hydrogens is 260 g/mol. The molecule has 1 heterocycles. The highest BCUT2D eigenvalue weighted by molar-refractivity contribution is 5.75. The zero-order chi connectivity index (χ0) is 15.3. The zero-order valence-electron chi connectivity index (χ0n) is 12.7. The van der Waals surface area contributed by atoms with E-state index in [9.17, 15) is 9.59 Å². The number of rotatable bonds is 5. The second-order valence-corrected chi connectivity index (χ2v) is 6.50. The van der Waals surface area contributed by atoms with Crippen LogP contribution < -0.4 is 10.6 Å². The molecule has 1 aliphatic heterocycles. The fourth-order valence-electron chi connectivity index (χ4n) is 2.23. The first-order valence-electron chi connectivity index (χ1n) is 7.08. The summed E-state index contributed by atoms with van der Waals surface area (Å²) in [5.74, 6) is -0.587. The fourth-order valence-corrected chi connectivity index (χ4v) is 2.23. The zero-order valence-corrected chi connectivity index (χ0v) is 12.7. The predicted molar refractivity (Wildman–Crippen MR) is 75.6 cm³/mol. The summed E-state index contributed by atoms with van der Waals surface area (Å²) in [6, 6.07) is -0.720. The van der Waals surface area contributed by atoms with Gasteiger partial charge in [-0.05, 0) is 18.8 Å². The van der Waals surface area contributed by atoms with E-state index in [4.69, 9.17) is 9.84 Å². The van der Waals surface area contributed by atoms with Crippen molar-refractivity contribution in [3.05, 3.63) is 0 Å². The molecule has 3 unspecified atom stereocenters. The molecular formula is C14H26N2O4. The Morgan fingerprint density at radius 1 is 1.40 bits per heavy atom.